The molecule has 35 heavy (non-hydrogen) atoms. The summed E-state index contributed by atoms with van der Waals surface area (Å²) in [6.07, 6.45) is 3.29. The number of nitrogens with one attached hydrogen (secondary N) is 2. The third-order valence-electron chi connectivity index (χ3n) is 6.62. The second-order valence-corrected chi connectivity index (χ2v) is 8.90. The highest BCUT2D eigenvalue weighted by Crippen LogP contribution is 2.36. The van der Waals surface area contributed by atoms with Crippen LogP contribution in [0.5, 0.6) is 11.5 Å². The number of rotatable bonds is 5. The maximum absolute atomic E-state index is 6.13. The van der Waals surface area contributed by atoms with E-state index in [-0.39, 0.29) is 0 Å². The van der Waals surface area contributed by atoms with E-state index in [1.165, 1.54) is 6.33 Å². The van der Waals surface area contributed by atoms with Gasteiger partial charge >= 0.3 is 0 Å². The van der Waals surface area contributed by atoms with Gasteiger partial charge in [-0.2, -0.15) is 0 Å². The summed E-state index contributed by atoms with van der Waals surface area (Å²) >= 11 is 0. The summed E-state index contributed by atoms with van der Waals surface area (Å²) in [5.74, 6) is 2.84. The minimum absolute atomic E-state index is 0.485. The molecular weight excluding hydrogens is 444 g/mol. The Balaban J connectivity index is 1.14. The fourth-order valence-corrected chi connectivity index (χ4v) is 4.73. The molecule has 0 radical (unpaired) electrons. The Morgan fingerprint density at radius 2 is 1.91 bits per heavy atom. The predicted molar refractivity (Wildman–Crippen MR) is 131 cm³/mol. The zero-order chi connectivity index (χ0) is 23.5. The van der Waals surface area contributed by atoms with Crippen molar-refractivity contribution in [1.82, 2.24) is 40.2 Å². The number of hydrogen-bond donors (Lipinski definition) is 2. The van der Waals surface area contributed by atoms with E-state index in [0.717, 1.165) is 47.1 Å². The zero-order valence-electron chi connectivity index (χ0n) is 19.2. The number of aryl methyl sites for hydroxylation is 2. The molecule has 0 saturated carbocycles. The van der Waals surface area contributed by atoms with Gasteiger partial charge in [0.05, 0.1) is 23.8 Å². The first-order valence-corrected chi connectivity index (χ1v) is 11.5. The van der Waals surface area contributed by atoms with Crippen LogP contribution < -0.4 is 20.3 Å². The van der Waals surface area contributed by atoms with Gasteiger partial charge in [0.1, 0.15) is 34.4 Å². The number of benzene rings is 2. The Morgan fingerprint density at radius 3 is 2.77 bits per heavy atom. The van der Waals surface area contributed by atoms with Crippen LogP contribution >= 0.6 is 0 Å². The lowest BCUT2D eigenvalue weighted by molar-refractivity contribution is 0.479. The molecule has 2 unspecified atom stereocenters. The summed E-state index contributed by atoms with van der Waals surface area (Å²) in [5.41, 5.74) is 5.01. The summed E-state index contributed by atoms with van der Waals surface area (Å²) in [6, 6.07) is 12.6. The molecule has 174 valence electrons. The molecule has 3 aromatic heterocycles. The monoisotopic (exact) mass is 466 g/mol. The maximum atomic E-state index is 6.13. The van der Waals surface area contributed by atoms with E-state index in [9.17, 15) is 0 Å². The summed E-state index contributed by atoms with van der Waals surface area (Å²) in [4.78, 5) is 20.4. The first kappa shape index (κ1) is 20.0. The van der Waals surface area contributed by atoms with Crippen LogP contribution in [0.2, 0.25) is 0 Å². The van der Waals surface area contributed by atoms with Crippen molar-refractivity contribution in [3.63, 3.8) is 0 Å². The molecule has 2 aromatic carbocycles. The Morgan fingerprint density at radius 1 is 1.03 bits per heavy atom. The number of anilines is 3. The second kappa shape index (κ2) is 7.57. The number of nitrogens with zero attached hydrogens (tertiary/aromatic N) is 8. The third-order valence-corrected chi connectivity index (χ3v) is 6.62. The Kier molecular flexibility index (Phi) is 4.33. The quantitative estimate of drug-likeness (QED) is 0.374. The molecule has 2 saturated heterocycles. The first-order chi connectivity index (χ1) is 17.1. The molecule has 5 heterocycles. The summed E-state index contributed by atoms with van der Waals surface area (Å²) in [6.45, 7) is 3.96. The van der Waals surface area contributed by atoms with E-state index in [4.69, 9.17) is 9.72 Å². The SMILES string of the molecule is Cc1cc(Nc2ncnc3cnc(N4C5CNCC54)nc23)ccc1Oc1ccc2c(c1)nnn2C. The van der Waals surface area contributed by atoms with E-state index in [2.05, 4.69) is 40.8 Å². The van der Waals surface area contributed by atoms with E-state index in [0.29, 0.717) is 34.7 Å². The molecule has 11 heteroatoms. The number of fused-ring (bicyclic) bond motifs is 3. The molecule has 2 aliphatic rings. The fourth-order valence-electron chi connectivity index (χ4n) is 4.73. The van der Waals surface area contributed by atoms with Gasteiger partial charge in [-0.1, -0.05) is 5.21 Å². The molecule has 5 aromatic rings. The smallest absolute Gasteiger partial charge is 0.226 e. The molecular formula is C24H22N10O. The molecule has 0 aliphatic carbocycles. The van der Waals surface area contributed by atoms with Crippen LogP contribution in [-0.2, 0) is 7.05 Å². The molecule has 2 atom stereocenters. The lowest BCUT2D eigenvalue weighted by atomic mass is 10.2. The topological polar surface area (TPSA) is 119 Å². The lowest BCUT2D eigenvalue weighted by Gasteiger charge is -2.13. The van der Waals surface area contributed by atoms with Gasteiger partial charge < -0.3 is 20.3 Å². The summed E-state index contributed by atoms with van der Waals surface area (Å²) in [7, 11) is 1.87. The van der Waals surface area contributed by atoms with Crippen molar-refractivity contribution < 1.29 is 4.74 Å². The minimum Gasteiger partial charge on any atom is -0.457 e. The van der Waals surface area contributed by atoms with Gasteiger partial charge in [0.15, 0.2) is 5.82 Å². The van der Waals surface area contributed by atoms with Crippen LogP contribution in [0.4, 0.5) is 17.5 Å². The highest BCUT2D eigenvalue weighted by molar-refractivity contribution is 5.87. The van der Waals surface area contributed by atoms with Gasteiger partial charge in [0, 0.05) is 31.9 Å². The third kappa shape index (κ3) is 3.39. The van der Waals surface area contributed by atoms with Gasteiger partial charge in [-0.15, -0.1) is 5.10 Å². The molecule has 2 aliphatic heterocycles. The van der Waals surface area contributed by atoms with Gasteiger partial charge in [-0.05, 0) is 42.8 Å². The van der Waals surface area contributed by atoms with Crippen molar-refractivity contribution in [3.8, 4) is 11.5 Å². The van der Waals surface area contributed by atoms with Gasteiger partial charge in [-0.3, -0.25) is 0 Å². The van der Waals surface area contributed by atoms with Gasteiger partial charge in [0.2, 0.25) is 5.95 Å². The lowest BCUT2D eigenvalue weighted by Crippen LogP contribution is -2.23. The molecule has 0 spiro atoms. The Bertz CT molecular complexity index is 1590. The van der Waals surface area contributed by atoms with Crippen molar-refractivity contribution in [1.29, 1.82) is 0 Å². The first-order valence-electron chi connectivity index (χ1n) is 11.5. The van der Waals surface area contributed by atoms with Crippen molar-refractivity contribution >= 4 is 39.5 Å². The minimum atomic E-state index is 0.485. The van der Waals surface area contributed by atoms with Crippen molar-refractivity contribution in [3.05, 3.63) is 54.5 Å². The number of ether oxygens (including phenoxy) is 1. The molecule has 2 N–H and O–H groups in total. The maximum Gasteiger partial charge on any atom is 0.226 e. The number of hydrogen-bond acceptors (Lipinski definition) is 10. The zero-order valence-corrected chi connectivity index (χ0v) is 19.2. The normalized spacial score (nSPS) is 18.7. The van der Waals surface area contributed by atoms with Crippen LogP contribution in [0.3, 0.4) is 0 Å². The highest BCUT2D eigenvalue weighted by atomic mass is 16.5. The van der Waals surface area contributed by atoms with Crippen molar-refractivity contribution in [2.45, 2.75) is 19.0 Å². The second-order valence-electron chi connectivity index (χ2n) is 8.90. The van der Waals surface area contributed by atoms with Gasteiger partial charge in [0.25, 0.3) is 0 Å². The number of aromatic nitrogens is 7. The predicted octanol–water partition coefficient (Wildman–Crippen LogP) is 2.71. The van der Waals surface area contributed by atoms with Crippen LogP contribution in [0, 0.1) is 6.92 Å². The highest BCUT2D eigenvalue weighted by Gasteiger charge is 2.52. The summed E-state index contributed by atoms with van der Waals surface area (Å²) < 4.78 is 7.86. The van der Waals surface area contributed by atoms with Crippen LogP contribution in [-0.4, -0.2) is 60.1 Å². The van der Waals surface area contributed by atoms with Crippen LogP contribution in [0.15, 0.2) is 48.9 Å². The largest absolute Gasteiger partial charge is 0.457 e. The summed E-state index contributed by atoms with van der Waals surface area (Å²) in [5, 5.41) is 15.0. The van der Waals surface area contributed by atoms with E-state index < -0.39 is 0 Å². The van der Waals surface area contributed by atoms with Gasteiger partial charge in [-0.25, -0.2) is 24.6 Å². The average Bonchev–Trinajstić information content (AvgIpc) is 3.15. The number of piperazine rings is 1. The Labute approximate surface area is 200 Å². The molecule has 0 amide bonds. The average molecular weight is 467 g/mol. The van der Waals surface area contributed by atoms with E-state index in [1.807, 2.05) is 50.4 Å². The van der Waals surface area contributed by atoms with Crippen LogP contribution in [0.25, 0.3) is 22.1 Å². The van der Waals surface area contributed by atoms with Crippen molar-refractivity contribution in [2.75, 3.05) is 23.3 Å². The molecule has 2 fully saturated rings. The van der Waals surface area contributed by atoms with E-state index in [1.54, 1.807) is 10.9 Å². The van der Waals surface area contributed by atoms with Crippen LogP contribution in [0.1, 0.15) is 5.56 Å². The molecule has 7 rings (SSSR count). The molecule has 0 bridgehead atoms. The van der Waals surface area contributed by atoms with Crippen molar-refractivity contribution in [2.24, 2.45) is 7.05 Å². The van der Waals surface area contributed by atoms with E-state index >= 15 is 0 Å². The fraction of sp³-hybridized carbons (Fsp3) is 0.250. The Hall–Kier alpha value is -4.38. The molecule has 11 nitrogen and oxygen atoms in total. The standard InChI is InChI=1S/C24H22N10O/c1-13-7-14(3-6-21(13)35-15-4-5-18-16(8-15)31-32-33(18)2)29-23-22-17(27-12-28-23)9-26-24(30-22)34-19-10-25-11-20(19)34/h3-9,12,19-20,25H,10-11H2,1-2H3,(H,27,28,29).